The zero-order valence-corrected chi connectivity index (χ0v) is 11.6. The smallest absolute Gasteiger partial charge is 0.259 e. The Hall–Kier alpha value is -1.85. The largest absolute Gasteiger partial charge is 0.351 e. The van der Waals surface area contributed by atoms with Crippen LogP contribution in [0, 0.1) is 0 Å². The van der Waals surface area contributed by atoms with Crippen molar-refractivity contribution < 1.29 is 0 Å². The summed E-state index contributed by atoms with van der Waals surface area (Å²) in [5, 5.41) is 0. The Morgan fingerprint density at radius 1 is 1.42 bits per heavy atom. The summed E-state index contributed by atoms with van der Waals surface area (Å²) < 4.78 is 3.99. The molecule has 0 radical (unpaired) electrons. The van der Waals surface area contributed by atoms with E-state index in [0.29, 0.717) is 15.0 Å². The van der Waals surface area contributed by atoms with Gasteiger partial charge in [0, 0.05) is 31.2 Å². The monoisotopic (exact) mass is 291 g/mol. The number of halogens is 1. The molecule has 0 atom stereocenters. The maximum absolute atomic E-state index is 11.9. The molecule has 3 heterocycles. The fraction of sp³-hybridized carbons (Fsp3) is 0.0769. The first-order valence-corrected chi connectivity index (χ1v) is 6.81. The summed E-state index contributed by atoms with van der Waals surface area (Å²) in [7, 11) is 1.96. The van der Waals surface area contributed by atoms with Crippen LogP contribution in [0.25, 0.3) is 17.1 Å². The highest BCUT2D eigenvalue weighted by Crippen LogP contribution is 2.20. The average molecular weight is 292 g/mol. The van der Waals surface area contributed by atoms with Crippen molar-refractivity contribution >= 4 is 40.1 Å². The number of hydrogen-bond acceptors (Lipinski definition) is 3. The van der Waals surface area contributed by atoms with E-state index in [4.69, 9.17) is 11.6 Å². The number of fused-ring (bicyclic) bond motifs is 1. The number of aromatic nitrogens is 3. The Labute approximate surface area is 118 Å². The maximum Gasteiger partial charge on any atom is 0.259 e. The molecule has 0 aromatic carbocycles. The van der Waals surface area contributed by atoms with E-state index in [-0.39, 0.29) is 5.56 Å². The molecule has 0 spiro atoms. The molecule has 96 valence electrons. The van der Waals surface area contributed by atoms with Gasteiger partial charge in [0.05, 0.1) is 5.69 Å². The van der Waals surface area contributed by atoms with Gasteiger partial charge in [-0.2, -0.15) is 0 Å². The SMILES string of the molecule is Cn1cccc1C=Cc1cc(=O)n2cc(Cl)sc2n1. The quantitative estimate of drug-likeness (QED) is 0.728. The van der Waals surface area contributed by atoms with Crippen LogP contribution in [-0.2, 0) is 7.05 Å². The molecular weight excluding hydrogens is 282 g/mol. The van der Waals surface area contributed by atoms with E-state index in [1.165, 1.54) is 21.8 Å². The van der Waals surface area contributed by atoms with Gasteiger partial charge in [0.2, 0.25) is 0 Å². The summed E-state index contributed by atoms with van der Waals surface area (Å²) >= 11 is 7.17. The second-order valence-corrected chi connectivity index (χ2v) is 5.72. The van der Waals surface area contributed by atoms with Gasteiger partial charge in [-0.15, -0.1) is 0 Å². The zero-order chi connectivity index (χ0) is 13.4. The molecule has 0 bridgehead atoms. The number of rotatable bonds is 2. The van der Waals surface area contributed by atoms with Gasteiger partial charge in [-0.25, -0.2) is 4.98 Å². The highest BCUT2D eigenvalue weighted by Gasteiger charge is 2.04. The first-order valence-electron chi connectivity index (χ1n) is 5.62. The van der Waals surface area contributed by atoms with Gasteiger partial charge >= 0.3 is 0 Å². The van der Waals surface area contributed by atoms with Gasteiger partial charge in [0.1, 0.15) is 4.34 Å². The standard InChI is InChI=1S/C13H10ClN3OS/c1-16-6-2-3-10(16)5-4-9-7-12(18)17-8-11(14)19-13(17)15-9/h2-8H,1H3. The second-order valence-electron chi connectivity index (χ2n) is 4.08. The van der Waals surface area contributed by atoms with Crippen LogP contribution < -0.4 is 5.56 Å². The predicted octanol–water partition coefficient (Wildman–Crippen LogP) is 2.92. The van der Waals surface area contributed by atoms with Crippen molar-refractivity contribution in [1.82, 2.24) is 14.0 Å². The minimum absolute atomic E-state index is 0.125. The van der Waals surface area contributed by atoms with Crippen LogP contribution in [0.3, 0.4) is 0 Å². The van der Waals surface area contributed by atoms with Gasteiger partial charge in [-0.1, -0.05) is 22.9 Å². The minimum Gasteiger partial charge on any atom is -0.351 e. The zero-order valence-electron chi connectivity index (χ0n) is 10.1. The fourth-order valence-corrected chi connectivity index (χ4v) is 2.83. The molecule has 19 heavy (non-hydrogen) atoms. The number of thiazole rings is 1. The lowest BCUT2D eigenvalue weighted by Crippen LogP contribution is -2.11. The minimum atomic E-state index is -0.125. The van der Waals surface area contributed by atoms with Crippen molar-refractivity contribution in [3.63, 3.8) is 0 Å². The van der Waals surface area contributed by atoms with Crippen molar-refractivity contribution in [3.05, 3.63) is 56.7 Å². The van der Waals surface area contributed by atoms with Gasteiger partial charge in [-0.3, -0.25) is 9.20 Å². The van der Waals surface area contributed by atoms with E-state index in [1.54, 1.807) is 6.20 Å². The Bertz CT molecular complexity index is 828. The molecule has 0 fully saturated rings. The van der Waals surface area contributed by atoms with Crippen molar-refractivity contribution in [2.75, 3.05) is 0 Å². The van der Waals surface area contributed by atoms with E-state index in [1.807, 2.05) is 42.1 Å². The molecule has 0 aliphatic heterocycles. The van der Waals surface area contributed by atoms with E-state index in [0.717, 1.165) is 5.69 Å². The molecule has 3 aromatic heterocycles. The second kappa shape index (κ2) is 4.68. The van der Waals surface area contributed by atoms with Gasteiger partial charge < -0.3 is 4.57 Å². The van der Waals surface area contributed by atoms with Crippen LogP contribution >= 0.6 is 22.9 Å². The predicted molar refractivity (Wildman–Crippen MR) is 78.7 cm³/mol. The fourth-order valence-electron chi connectivity index (χ4n) is 1.80. The molecule has 0 N–H and O–H groups in total. The first-order chi connectivity index (χ1) is 9.13. The molecule has 3 aromatic rings. The molecule has 0 aliphatic rings. The van der Waals surface area contributed by atoms with Crippen LogP contribution in [0.2, 0.25) is 4.34 Å². The van der Waals surface area contributed by atoms with Crippen molar-refractivity contribution in [3.8, 4) is 0 Å². The number of hydrogen-bond donors (Lipinski definition) is 0. The summed E-state index contributed by atoms with van der Waals surface area (Å²) in [4.78, 5) is 16.9. The van der Waals surface area contributed by atoms with E-state index in [9.17, 15) is 4.79 Å². The van der Waals surface area contributed by atoms with Crippen LogP contribution in [0.1, 0.15) is 11.4 Å². The Morgan fingerprint density at radius 3 is 3.00 bits per heavy atom. The van der Waals surface area contributed by atoms with Gasteiger partial charge in [-0.05, 0) is 24.3 Å². The third-order valence-corrected chi connectivity index (χ3v) is 3.87. The Morgan fingerprint density at radius 2 is 2.26 bits per heavy atom. The Balaban J connectivity index is 2.04. The lowest BCUT2D eigenvalue weighted by molar-refractivity contribution is 0.915. The average Bonchev–Trinajstić information content (AvgIpc) is 2.92. The van der Waals surface area contributed by atoms with E-state index >= 15 is 0 Å². The highest BCUT2D eigenvalue weighted by molar-refractivity contribution is 7.20. The number of nitrogens with zero attached hydrogens (tertiary/aromatic N) is 3. The van der Waals surface area contributed by atoms with Crippen LogP contribution in [-0.4, -0.2) is 14.0 Å². The lowest BCUT2D eigenvalue weighted by atomic mass is 10.3. The first kappa shape index (κ1) is 12.2. The molecule has 0 amide bonds. The third-order valence-electron chi connectivity index (χ3n) is 2.77. The summed E-state index contributed by atoms with van der Waals surface area (Å²) in [5.41, 5.74) is 1.55. The van der Waals surface area contributed by atoms with Crippen LogP contribution in [0.5, 0.6) is 0 Å². The molecular formula is C13H10ClN3OS. The normalized spacial score (nSPS) is 11.7. The third kappa shape index (κ3) is 2.34. The molecule has 3 rings (SSSR count). The molecule has 6 heteroatoms. The summed E-state index contributed by atoms with van der Waals surface area (Å²) in [6, 6.07) is 5.45. The van der Waals surface area contributed by atoms with Crippen molar-refractivity contribution in [1.29, 1.82) is 0 Å². The number of aryl methyl sites for hydroxylation is 1. The summed E-state index contributed by atoms with van der Waals surface area (Å²) in [6.45, 7) is 0. The maximum atomic E-state index is 11.9. The molecule has 4 nitrogen and oxygen atoms in total. The van der Waals surface area contributed by atoms with Gasteiger partial charge in [0.25, 0.3) is 5.56 Å². The summed E-state index contributed by atoms with van der Waals surface area (Å²) in [6.07, 6.45) is 7.30. The van der Waals surface area contributed by atoms with Crippen LogP contribution in [0.15, 0.2) is 35.4 Å². The van der Waals surface area contributed by atoms with Crippen molar-refractivity contribution in [2.24, 2.45) is 7.05 Å². The lowest BCUT2D eigenvalue weighted by Gasteiger charge is -1.96. The molecule has 0 aliphatic carbocycles. The van der Waals surface area contributed by atoms with Crippen molar-refractivity contribution in [2.45, 2.75) is 0 Å². The highest BCUT2D eigenvalue weighted by atomic mass is 35.5. The van der Waals surface area contributed by atoms with E-state index in [2.05, 4.69) is 4.98 Å². The Kier molecular flexibility index (Phi) is 3.00. The molecule has 0 saturated heterocycles. The molecule has 0 unspecified atom stereocenters. The summed E-state index contributed by atoms with van der Waals surface area (Å²) in [5.74, 6) is 0. The molecule has 0 saturated carbocycles. The topological polar surface area (TPSA) is 39.3 Å². The van der Waals surface area contributed by atoms with Gasteiger partial charge in [0.15, 0.2) is 4.96 Å². The van der Waals surface area contributed by atoms with Crippen LogP contribution in [0.4, 0.5) is 0 Å². The van der Waals surface area contributed by atoms with E-state index < -0.39 is 0 Å².